The summed E-state index contributed by atoms with van der Waals surface area (Å²) < 4.78 is 26.5. The maximum Gasteiger partial charge on any atom is 0.146 e. The molecule has 0 bridgehead atoms. The molecule has 0 saturated carbocycles. The molecular weight excluding hydrogens is 360 g/mol. The fourth-order valence-corrected chi connectivity index (χ4v) is 2.40. The summed E-state index contributed by atoms with van der Waals surface area (Å²) in [5, 5.41) is 9.25. The van der Waals surface area contributed by atoms with Crippen molar-refractivity contribution in [2.45, 2.75) is 19.4 Å². The van der Waals surface area contributed by atoms with Crippen molar-refractivity contribution in [2.24, 2.45) is 0 Å². The molecule has 0 fully saturated rings. The third-order valence-electron chi connectivity index (χ3n) is 3.84. The summed E-state index contributed by atoms with van der Waals surface area (Å²) in [6.07, 6.45) is 0.361. The number of hydrogen-bond donors (Lipinski definition) is 1. The van der Waals surface area contributed by atoms with E-state index in [1.807, 2.05) is 36.4 Å². The van der Waals surface area contributed by atoms with Gasteiger partial charge in [-0.25, -0.2) is 0 Å². The highest BCUT2D eigenvalue weighted by Crippen LogP contribution is 2.18. The lowest BCUT2D eigenvalue weighted by atomic mass is 10.0. The monoisotopic (exact) mass is 390 g/mol. The Morgan fingerprint density at radius 3 is 1.82 bits per heavy atom. The highest BCUT2D eigenvalue weighted by atomic mass is 16.7. The zero-order valence-electron chi connectivity index (χ0n) is 16.6. The Hall–Kier alpha value is -2.12. The van der Waals surface area contributed by atoms with Crippen LogP contribution < -0.4 is 9.47 Å². The van der Waals surface area contributed by atoms with Crippen molar-refractivity contribution in [1.82, 2.24) is 0 Å². The van der Waals surface area contributed by atoms with E-state index in [1.165, 1.54) is 11.1 Å². The molecule has 6 heteroatoms. The highest BCUT2D eigenvalue weighted by Gasteiger charge is 2.01. The molecule has 1 N–H and O–H groups in total. The maximum atomic E-state index is 9.25. The van der Waals surface area contributed by atoms with E-state index in [0.29, 0.717) is 33.0 Å². The van der Waals surface area contributed by atoms with E-state index in [1.54, 1.807) is 14.0 Å². The molecule has 2 aromatic carbocycles. The molecule has 0 aliphatic carbocycles. The molecule has 6 nitrogen and oxygen atoms in total. The Balaban J connectivity index is 1.66. The Labute approximate surface area is 166 Å². The fourth-order valence-electron chi connectivity index (χ4n) is 2.40. The molecule has 2 rings (SSSR count). The van der Waals surface area contributed by atoms with Gasteiger partial charge in [0.1, 0.15) is 31.5 Å². The van der Waals surface area contributed by atoms with Crippen LogP contribution in [0.5, 0.6) is 11.5 Å². The molecule has 28 heavy (non-hydrogen) atoms. The fraction of sp³-hybridized carbons (Fsp3) is 0.455. The van der Waals surface area contributed by atoms with Gasteiger partial charge in [-0.15, -0.1) is 0 Å². The van der Waals surface area contributed by atoms with E-state index < -0.39 is 6.10 Å². The molecule has 0 amide bonds. The van der Waals surface area contributed by atoms with Crippen LogP contribution in [0, 0.1) is 0 Å². The molecule has 2 aromatic rings. The summed E-state index contributed by atoms with van der Waals surface area (Å²) in [5.41, 5.74) is 2.40. The molecule has 0 aromatic heterocycles. The summed E-state index contributed by atoms with van der Waals surface area (Å²) >= 11 is 0. The van der Waals surface area contributed by atoms with Crippen LogP contribution in [0.3, 0.4) is 0 Å². The van der Waals surface area contributed by atoms with Gasteiger partial charge in [-0.05, 0) is 48.7 Å². The Morgan fingerprint density at radius 1 is 0.750 bits per heavy atom. The molecular formula is C22H30O6. The highest BCUT2D eigenvalue weighted by molar-refractivity contribution is 5.34. The molecule has 0 aliphatic rings. The van der Waals surface area contributed by atoms with Gasteiger partial charge in [0.25, 0.3) is 0 Å². The van der Waals surface area contributed by atoms with E-state index in [4.69, 9.17) is 23.7 Å². The number of methoxy groups -OCH3 is 1. The molecule has 154 valence electrons. The number of ether oxygens (including phenoxy) is 5. The molecule has 0 aliphatic heterocycles. The molecule has 1 unspecified atom stereocenters. The first-order valence-electron chi connectivity index (χ1n) is 9.43. The topological polar surface area (TPSA) is 66.4 Å². The van der Waals surface area contributed by atoms with Crippen molar-refractivity contribution in [1.29, 1.82) is 0 Å². The van der Waals surface area contributed by atoms with Crippen molar-refractivity contribution in [2.75, 3.05) is 46.9 Å². The van der Waals surface area contributed by atoms with Crippen LogP contribution in [-0.2, 0) is 20.6 Å². The summed E-state index contributed by atoms with van der Waals surface area (Å²) in [7, 11) is 1.63. The predicted molar refractivity (Wildman–Crippen MR) is 107 cm³/mol. The minimum absolute atomic E-state index is 0.245. The van der Waals surface area contributed by atoms with Gasteiger partial charge in [-0.1, -0.05) is 24.3 Å². The van der Waals surface area contributed by atoms with Crippen LogP contribution in [-0.4, -0.2) is 58.1 Å². The number of hydrogen-bond acceptors (Lipinski definition) is 6. The number of aliphatic hydroxyl groups is 1. The van der Waals surface area contributed by atoms with Gasteiger partial charge in [-0.2, -0.15) is 0 Å². The van der Waals surface area contributed by atoms with Gasteiger partial charge in [0.15, 0.2) is 0 Å². The van der Waals surface area contributed by atoms with E-state index in [-0.39, 0.29) is 6.79 Å². The third-order valence-corrected chi connectivity index (χ3v) is 3.84. The zero-order valence-corrected chi connectivity index (χ0v) is 16.6. The zero-order chi connectivity index (χ0) is 20.0. The Bertz CT molecular complexity index is 639. The van der Waals surface area contributed by atoms with E-state index in [9.17, 15) is 5.11 Å². The smallest absolute Gasteiger partial charge is 0.146 e. The van der Waals surface area contributed by atoms with Crippen LogP contribution in [0.4, 0.5) is 0 Å². The largest absolute Gasteiger partial charge is 0.491 e. The minimum Gasteiger partial charge on any atom is -0.491 e. The third kappa shape index (κ3) is 9.19. The Morgan fingerprint density at radius 2 is 1.29 bits per heavy atom. The van der Waals surface area contributed by atoms with Crippen molar-refractivity contribution in [3.05, 3.63) is 59.7 Å². The summed E-state index contributed by atoms with van der Waals surface area (Å²) in [5.74, 6) is 1.58. The number of aliphatic hydroxyl groups excluding tert-OH is 1. The van der Waals surface area contributed by atoms with Crippen molar-refractivity contribution in [3.63, 3.8) is 0 Å². The average molecular weight is 390 g/mol. The van der Waals surface area contributed by atoms with Gasteiger partial charge in [-0.3, -0.25) is 0 Å². The Kier molecular flexibility index (Phi) is 10.4. The van der Waals surface area contributed by atoms with Gasteiger partial charge in [0.05, 0.1) is 25.9 Å². The first-order chi connectivity index (χ1) is 13.7. The average Bonchev–Trinajstić information content (AvgIpc) is 2.70. The minimum atomic E-state index is -0.471. The summed E-state index contributed by atoms with van der Waals surface area (Å²) in [4.78, 5) is 0. The molecule has 0 heterocycles. The van der Waals surface area contributed by atoms with Gasteiger partial charge >= 0.3 is 0 Å². The lowest BCUT2D eigenvalue weighted by molar-refractivity contribution is -0.0710. The van der Waals surface area contributed by atoms with Gasteiger partial charge in [0.2, 0.25) is 0 Å². The lowest BCUT2D eigenvalue weighted by Crippen LogP contribution is -2.12. The van der Waals surface area contributed by atoms with Crippen LogP contribution in [0.1, 0.15) is 18.1 Å². The first-order valence-corrected chi connectivity index (χ1v) is 9.43. The quantitative estimate of drug-likeness (QED) is 0.395. The first kappa shape index (κ1) is 22.2. The van der Waals surface area contributed by atoms with Gasteiger partial charge in [0, 0.05) is 7.11 Å². The van der Waals surface area contributed by atoms with Crippen molar-refractivity contribution >= 4 is 0 Å². The molecule has 0 spiro atoms. The lowest BCUT2D eigenvalue weighted by Gasteiger charge is -2.10. The van der Waals surface area contributed by atoms with E-state index >= 15 is 0 Å². The maximum absolute atomic E-state index is 9.25. The summed E-state index contributed by atoms with van der Waals surface area (Å²) in [6.45, 7) is 4.28. The molecule has 0 saturated heterocycles. The standard InChI is InChI=1S/C22H30O6/c1-18(23)16-28-22-9-5-20(6-10-22)15-19-3-7-21(8-4-19)27-14-13-26-17-25-12-11-24-2/h3-10,18,23H,11-17H2,1-2H3. The second-order valence-corrected chi connectivity index (χ2v) is 6.40. The SMILES string of the molecule is COCCOCOCCOc1ccc(Cc2ccc(OCC(C)O)cc2)cc1. The van der Waals surface area contributed by atoms with Crippen LogP contribution in [0.15, 0.2) is 48.5 Å². The van der Waals surface area contributed by atoms with Crippen molar-refractivity contribution < 1.29 is 28.8 Å². The van der Waals surface area contributed by atoms with Crippen LogP contribution in [0.25, 0.3) is 0 Å². The van der Waals surface area contributed by atoms with Crippen LogP contribution >= 0.6 is 0 Å². The van der Waals surface area contributed by atoms with E-state index in [2.05, 4.69) is 12.1 Å². The summed E-state index contributed by atoms with van der Waals surface area (Å²) in [6, 6.07) is 16.0. The molecule has 1 atom stereocenters. The number of benzene rings is 2. The second-order valence-electron chi connectivity index (χ2n) is 6.40. The normalized spacial score (nSPS) is 12.0. The van der Waals surface area contributed by atoms with Crippen LogP contribution in [0.2, 0.25) is 0 Å². The van der Waals surface area contributed by atoms with Gasteiger partial charge < -0.3 is 28.8 Å². The number of rotatable bonds is 14. The molecule has 0 radical (unpaired) electrons. The predicted octanol–water partition coefficient (Wildman–Crippen LogP) is 3.05. The van der Waals surface area contributed by atoms with E-state index in [0.717, 1.165) is 17.9 Å². The second kappa shape index (κ2) is 13.1. The van der Waals surface area contributed by atoms with Crippen molar-refractivity contribution in [3.8, 4) is 11.5 Å².